The van der Waals surface area contributed by atoms with Crippen molar-refractivity contribution in [3.05, 3.63) is 0 Å². The molecule has 0 aromatic heterocycles. The third-order valence-electron chi connectivity index (χ3n) is 2.71. The Morgan fingerprint density at radius 1 is 1.53 bits per heavy atom. The first-order valence-electron chi connectivity index (χ1n) is 6.14. The molecule has 0 spiro atoms. The van der Waals surface area contributed by atoms with Crippen molar-refractivity contribution in [2.24, 2.45) is 16.5 Å². The predicted octanol–water partition coefficient (Wildman–Crippen LogP) is 0.661. The van der Waals surface area contributed by atoms with Crippen LogP contribution >= 0.6 is 0 Å². The highest BCUT2D eigenvalue weighted by molar-refractivity contribution is 5.76. The lowest BCUT2D eigenvalue weighted by Gasteiger charge is -2.30. The fraction of sp³-hybridized carbons (Fsp3) is 0.818. The maximum Gasteiger partial charge on any atom is 0.409 e. The van der Waals surface area contributed by atoms with Gasteiger partial charge in [-0.2, -0.15) is 0 Å². The van der Waals surface area contributed by atoms with Gasteiger partial charge < -0.3 is 21.1 Å². The predicted molar refractivity (Wildman–Crippen MR) is 66.7 cm³/mol. The van der Waals surface area contributed by atoms with E-state index in [0.717, 1.165) is 32.2 Å². The summed E-state index contributed by atoms with van der Waals surface area (Å²) in [6, 6.07) is 0.00692. The number of hydrogen-bond acceptors (Lipinski definition) is 3. The molecule has 1 atom stereocenters. The first kappa shape index (κ1) is 13.6. The Balaban J connectivity index is 2.38. The fourth-order valence-electron chi connectivity index (χ4n) is 1.83. The van der Waals surface area contributed by atoms with Crippen LogP contribution < -0.4 is 11.5 Å². The third-order valence-corrected chi connectivity index (χ3v) is 2.71. The van der Waals surface area contributed by atoms with Gasteiger partial charge in [0.2, 0.25) is 0 Å². The summed E-state index contributed by atoms with van der Waals surface area (Å²) in [7, 11) is 0. The van der Waals surface area contributed by atoms with Gasteiger partial charge in [0.1, 0.15) is 0 Å². The van der Waals surface area contributed by atoms with Gasteiger partial charge in [-0.25, -0.2) is 9.79 Å². The minimum Gasteiger partial charge on any atom is -0.449 e. The number of guanidine groups is 1. The Kier molecular flexibility index (Phi) is 5.59. The van der Waals surface area contributed by atoms with E-state index in [9.17, 15) is 4.79 Å². The molecule has 1 aliphatic rings. The van der Waals surface area contributed by atoms with Crippen LogP contribution in [0.3, 0.4) is 0 Å². The van der Waals surface area contributed by atoms with Crippen LogP contribution in [-0.2, 0) is 4.74 Å². The highest BCUT2D eigenvalue weighted by Gasteiger charge is 2.24. The first-order chi connectivity index (χ1) is 8.13. The highest BCUT2D eigenvalue weighted by Crippen LogP contribution is 2.14. The molecule has 6 nitrogen and oxygen atoms in total. The van der Waals surface area contributed by atoms with E-state index in [2.05, 4.69) is 11.9 Å². The Morgan fingerprint density at radius 2 is 2.29 bits per heavy atom. The summed E-state index contributed by atoms with van der Waals surface area (Å²) < 4.78 is 5.15. The summed E-state index contributed by atoms with van der Waals surface area (Å²) in [5.41, 5.74) is 10.7. The van der Waals surface area contributed by atoms with Gasteiger partial charge in [0.15, 0.2) is 5.96 Å². The second kappa shape index (κ2) is 6.98. The van der Waals surface area contributed by atoms with Gasteiger partial charge in [-0.3, -0.25) is 0 Å². The molecule has 1 heterocycles. The van der Waals surface area contributed by atoms with Gasteiger partial charge in [-0.15, -0.1) is 0 Å². The van der Waals surface area contributed by atoms with E-state index in [4.69, 9.17) is 16.2 Å². The number of carbonyl (C=O) groups excluding carboxylic acids is 1. The molecule has 0 aromatic rings. The molecule has 0 aliphatic carbocycles. The molecule has 1 fully saturated rings. The standard InChI is InChI=1S/C11H22N4O2/c1-2-3-7-17-11(16)15-6-4-5-9(8-15)14-10(12)13/h9H,2-8H2,1H3,(H4,12,13,14). The first-order valence-corrected chi connectivity index (χ1v) is 6.14. The van der Waals surface area contributed by atoms with Gasteiger partial charge >= 0.3 is 6.09 Å². The van der Waals surface area contributed by atoms with E-state index >= 15 is 0 Å². The van der Waals surface area contributed by atoms with Gasteiger partial charge in [0.05, 0.1) is 12.6 Å². The van der Waals surface area contributed by atoms with Crippen molar-refractivity contribution in [1.82, 2.24) is 4.90 Å². The number of aliphatic imine (C=N–C) groups is 1. The van der Waals surface area contributed by atoms with E-state index < -0.39 is 0 Å². The SMILES string of the molecule is CCCCOC(=O)N1CCCC(N=C(N)N)C1. The Morgan fingerprint density at radius 3 is 2.94 bits per heavy atom. The molecular weight excluding hydrogens is 220 g/mol. The number of nitrogens with two attached hydrogens (primary N) is 2. The second-order valence-corrected chi connectivity index (χ2v) is 4.26. The number of rotatable bonds is 4. The van der Waals surface area contributed by atoms with Crippen LogP contribution in [0.15, 0.2) is 4.99 Å². The number of hydrogen-bond donors (Lipinski definition) is 2. The highest BCUT2D eigenvalue weighted by atomic mass is 16.6. The summed E-state index contributed by atoms with van der Waals surface area (Å²) in [6.07, 6.45) is 3.48. The molecule has 0 saturated carbocycles. The number of nitrogens with zero attached hydrogens (tertiary/aromatic N) is 2. The molecule has 0 aromatic carbocycles. The van der Waals surface area contributed by atoms with Gasteiger partial charge in [-0.05, 0) is 19.3 Å². The number of ether oxygens (including phenoxy) is 1. The lowest BCUT2D eigenvalue weighted by atomic mass is 10.1. The van der Waals surface area contributed by atoms with Crippen LogP contribution in [-0.4, -0.2) is 42.7 Å². The molecule has 17 heavy (non-hydrogen) atoms. The molecule has 1 rings (SSSR count). The van der Waals surface area contributed by atoms with Gasteiger partial charge in [0.25, 0.3) is 0 Å². The third kappa shape index (κ3) is 4.93. The van der Waals surface area contributed by atoms with Crippen molar-refractivity contribution in [1.29, 1.82) is 0 Å². The Hall–Kier alpha value is -1.46. The minimum atomic E-state index is -0.256. The van der Waals surface area contributed by atoms with Crippen LogP contribution in [0.5, 0.6) is 0 Å². The van der Waals surface area contributed by atoms with Crippen molar-refractivity contribution in [2.45, 2.75) is 38.6 Å². The summed E-state index contributed by atoms with van der Waals surface area (Å²) in [5, 5.41) is 0. The molecular formula is C11H22N4O2. The average Bonchev–Trinajstić information content (AvgIpc) is 2.28. The zero-order valence-electron chi connectivity index (χ0n) is 10.4. The number of carbonyl (C=O) groups is 1. The van der Waals surface area contributed by atoms with E-state index in [1.54, 1.807) is 4.90 Å². The lowest BCUT2D eigenvalue weighted by Crippen LogP contribution is -2.43. The van der Waals surface area contributed by atoms with Crippen molar-refractivity contribution in [3.63, 3.8) is 0 Å². The number of amides is 1. The van der Waals surface area contributed by atoms with Crippen molar-refractivity contribution in [2.75, 3.05) is 19.7 Å². The quantitative estimate of drug-likeness (QED) is 0.430. The van der Waals surface area contributed by atoms with E-state index in [-0.39, 0.29) is 18.1 Å². The summed E-state index contributed by atoms with van der Waals surface area (Å²) >= 11 is 0. The van der Waals surface area contributed by atoms with Crippen LogP contribution in [0.1, 0.15) is 32.6 Å². The number of piperidine rings is 1. The minimum absolute atomic E-state index is 0.00692. The van der Waals surface area contributed by atoms with E-state index in [1.807, 2.05) is 0 Å². The van der Waals surface area contributed by atoms with E-state index in [0.29, 0.717) is 13.2 Å². The van der Waals surface area contributed by atoms with E-state index in [1.165, 1.54) is 0 Å². The summed E-state index contributed by atoms with van der Waals surface area (Å²) in [4.78, 5) is 17.5. The zero-order valence-corrected chi connectivity index (χ0v) is 10.4. The average molecular weight is 242 g/mol. The van der Waals surface area contributed by atoms with Crippen LogP contribution in [0.25, 0.3) is 0 Å². The van der Waals surface area contributed by atoms with Crippen LogP contribution in [0.2, 0.25) is 0 Å². The molecule has 1 amide bonds. The Labute approximate surface area is 102 Å². The summed E-state index contributed by atoms with van der Waals surface area (Å²) in [5.74, 6) is 0.0798. The second-order valence-electron chi connectivity index (χ2n) is 4.26. The lowest BCUT2D eigenvalue weighted by molar-refractivity contribution is 0.0909. The van der Waals surface area contributed by atoms with Crippen molar-refractivity contribution in [3.8, 4) is 0 Å². The van der Waals surface area contributed by atoms with Crippen molar-refractivity contribution < 1.29 is 9.53 Å². The molecule has 0 radical (unpaired) electrons. The number of likely N-dealkylation sites (tertiary alicyclic amines) is 1. The molecule has 6 heteroatoms. The van der Waals surface area contributed by atoms with Gasteiger partial charge in [-0.1, -0.05) is 13.3 Å². The van der Waals surface area contributed by atoms with Gasteiger partial charge in [0, 0.05) is 13.1 Å². The Bertz CT molecular complexity index is 277. The molecule has 1 aliphatic heterocycles. The summed E-state index contributed by atoms with van der Waals surface area (Å²) in [6.45, 7) is 3.81. The maximum absolute atomic E-state index is 11.7. The van der Waals surface area contributed by atoms with Crippen LogP contribution in [0, 0.1) is 0 Å². The molecule has 1 unspecified atom stereocenters. The molecule has 98 valence electrons. The van der Waals surface area contributed by atoms with Crippen LogP contribution in [0.4, 0.5) is 4.79 Å². The fourth-order valence-corrected chi connectivity index (χ4v) is 1.83. The largest absolute Gasteiger partial charge is 0.449 e. The maximum atomic E-state index is 11.7. The monoisotopic (exact) mass is 242 g/mol. The number of unbranched alkanes of at least 4 members (excludes halogenated alkanes) is 1. The molecule has 4 N–H and O–H groups in total. The smallest absolute Gasteiger partial charge is 0.409 e. The molecule has 1 saturated heterocycles. The molecule has 0 bridgehead atoms. The zero-order chi connectivity index (χ0) is 12.7. The topological polar surface area (TPSA) is 93.9 Å². The van der Waals surface area contributed by atoms with Crippen molar-refractivity contribution >= 4 is 12.1 Å². The normalized spacial score (nSPS) is 19.8.